The van der Waals surface area contributed by atoms with E-state index < -0.39 is 0 Å². The summed E-state index contributed by atoms with van der Waals surface area (Å²) in [5.74, 6) is 0. The second kappa shape index (κ2) is 8.96. The van der Waals surface area contributed by atoms with Crippen molar-refractivity contribution in [3.8, 4) is 0 Å². The first-order valence-corrected chi connectivity index (χ1v) is 6.05. The molecule has 0 aliphatic rings. The van der Waals surface area contributed by atoms with Crippen LogP contribution < -0.4 is 5.32 Å². The number of nitrogens with zero attached hydrogens (tertiary/aromatic N) is 1. The van der Waals surface area contributed by atoms with Crippen molar-refractivity contribution in [2.24, 2.45) is 0 Å². The third kappa shape index (κ3) is 6.24. The number of unbranched alkanes of at least 4 members (excludes halogenated alkanes) is 1. The van der Waals surface area contributed by atoms with Crippen molar-refractivity contribution in [2.75, 3.05) is 38.8 Å². The van der Waals surface area contributed by atoms with E-state index >= 15 is 0 Å². The Bertz CT molecular complexity index is 305. The lowest BCUT2D eigenvalue weighted by molar-refractivity contribution is 0.0691. The molecule has 0 atom stereocenters. The third-order valence-corrected chi connectivity index (χ3v) is 2.48. The standard InChI is InChI=1S/C13H22N2O2/c1-12-11-14-7-5-13(12)15-6-3-4-8-17-10-9-16-2/h5,7,11H,3-4,6,8-10H2,1-2H3,(H,14,15). The van der Waals surface area contributed by atoms with Crippen molar-refractivity contribution in [3.63, 3.8) is 0 Å². The third-order valence-electron chi connectivity index (χ3n) is 2.48. The highest BCUT2D eigenvalue weighted by Crippen LogP contribution is 2.11. The maximum Gasteiger partial charge on any atom is 0.0700 e. The molecule has 0 fully saturated rings. The zero-order valence-corrected chi connectivity index (χ0v) is 10.7. The molecule has 4 nitrogen and oxygen atoms in total. The second-order valence-electron chi connectivity index (χ2n) is 3.93. The van der Waals surface area contributed by atoms with E-state index in [9.17, 15) is 0 Å². The second-order valence-corrected chi connectivity index (χ2v) is 3.93. The van der Waals surface area contributed by atoms with Gasteiger partial charge in [0.05, 0.1) is 13.2 Å². The molecule has 0 aliphatic heterocycles. The minimum atomic E-state index is 0.675. The van der Waals surface area contributed by atoms with Gasteiger partial charge in [-0.1, -0.05) is 0 Å². The van der Waals surface area contributed by atoms with E-state index in [0.29, 0.717) is 13.2 Å². The van der Waals surface area contributed by atoms with Crippen LogP contribution in [0.25, 0.3) is 0 Å². The fraction of sp³-hybridized carbons (Fsp3) is 0.615. The molecule has 1 aromatic heterocycles. The highest BCUT2D eigenvalue weighted by atomic mass is 16.5. The molecular weight excluding hydrogens is 216 g/mol. The summed E-state index contributed by atoms with van der Waals surface area (Å²) in [6.07, 6.45) is 5.86. The molecular formula is C13H22N2O2. The number of nitrogens with one attached hydrogen (secondary N) is 1. The van der Waals surface area contributed by atoms with Gasteiger partial charge in [0.2, 0.25) is 0 Å². The zero-order valence-electron chi connectivity index (χ0n) is 10.7. The zero-order chi connectivity index (χ0) is 12.3. The first kappa shape index (κ1) is 13.9. The van der Waals surface area contributed by atoms with Gasteiger partial charge < -0.3 is 14.8 Å². The van der Waals surface area contributed by atoms with E-state index in [2.05, 4.69) is 17.2 Å². The summed E-state index contributed by atoms with van der Waals surface area (Å²) in [7, 11) is 1.68. The SMILES string of the molecule is COCCOCCCCNc1ccncc1C. The number of rotatable bonds is 9. The van der Waals surface area contributed by atoms with Gasteiger partial charge in [-0.2, -0.15) is 0 Å². The molecule has 1 N–H and O–H groups in total. The molecule has 0 bridgehead atoms. The van der Waals surface area contributed by atoms with Gasteiger partial charge in [-0.05, 0) is 31.4 Å². The summed E-state index contributed by atoms with van der Waals surface area (Å²) in [4.78, 5) is 4.06. The van der Waals surface area contributed by atoms with Crippen LogP contribution in [0.1, 0.15) is 18.4 Å². The Morgan fingerprint density at radius 3 is 2.88 bits per heavy atom. The Balaban J connectivity index is 1.99. The molecule has 4 heteroatoms. The quantitative estimate of drug-likeness (QED) is 0.670. The molecule has 1 heterocycles. The van der Waals surface area contributed by atoms with Crippen LogP contribution in [0.5, 0.6) is 0 Å². The summed E-state index contributed by atoms with van der Waals surface area (Å²) < 4.78 is 10.3. The molecule has 0 aliphatic carbocycles. The topological polar surface area (TPSA) is 43.4 Å². The van der Waals surface area contributed by atoms with E-state index in [1.165, 1.54) is 11.3 Å². The van der Waals surface area contributed by atoms with Crippen molar-refractivity contribution in [1.82, 2.24) is 4.98 Å². The van der Waals surface area contributed by atoms with Crippen molar-refractivity contribution in [3.05, 3.63) is 24.0 Å². The predicted octanol–water partition coefficient (Wildman–Crippen LogP) is 2.25. The van der Waals surface area contributed by atoms with Crippen LogP contribution in [0.2, 0.25) is 0 Å². The van der Waals surface area contributed by atoms with E-state index in [0.717, 1.165) is 26.0 Å². The summed E-state index contributed by atoms with van der Waals surface area (Å²) >= 11 is 0. The lowest BCUT2D eigenvalue weighted by atomic mass is 10.2. The lowest BCUT2D eigenvalue weighted by Gasteiger charge is -2.08. The van der Waals surface area contributed by atoms with E-state index in [1.54, 1.807) is 7.11 Å². The Labute approximate surface area is 103 Å². The number of hydrogen-bond donors (Lipinski definition) is 1. The van der Waals surface area contributed by atoms with Crippen LogP contribution in [0, 0.1) is 6.92 Å². The van der Waals surface area contributed by atoms with Gasteiger partial charge in [0.1, 0.15) is 0 Å². The summed E-state index contributed by atoms with van der Waals surface area (Å²) in [5.41, 5.74) is 2.35. The maximum absolute atomic E-state index is 5.39. The summed E-state index contributed by atoms with van der Waals surface area (Å²) in [6.45, 7) is 5.20. The average molecular weight is 238 g/mol. The van der Waals surface area contributed by atoms with Crippen LogP contribution in [0.4, 0.5) is 5.69 Å². The molecule has 1 rings (SSSR count). The molecule has 17 heavy (non-hydrogen) atoms. The summed E-state index contributed by atoms with van der Waals surface area (Å²) in [6, 6.07) is 2.00. The molecule has 0 amide bonds. The Morgan fingerprint density at radius 1 is 1.24 bits per heavy atom. The number of ether oxygens (including phenoxy) is 2. The lowest BCUT2D eigenvalue weighted by Crippen LogP contribution is -2.06. The van der Waals surface area contributed by atoms with Crippen LogP contribution >= 0.6 is 0 Å². The van der Waals surface area contributed by atoms with Gasteiger partial charge in [0, 0.05) is 38.3 Å². The number of anilines is 1. The van der Waals surface area contributed by atoms with Gasteiger partial charge in [0.15, 0.2) is 0 Å². The molecule has 96 valence electrons. The number of aromatic nitrogens is 1. The van der Waals surface area contributed by atoms with Crippen molar-refractivity contribution in [2.45, 2.75) is 19.8 Å². The average Bonchev–Trinajstić information content (AvgIpc) is 2.35. The molecule has 0 unspecified atom stereocenters. The Kier molecular flexibility index (Phi) is 7.34. The molecule has 0 radical (unpaired) electrons. The Hall–Kier alpha value is -1.13. The fourth-order valence-corrected chi connectivity index (χ4v) is 1.47. The van der Waals surface area contributed by atoms with Crippen LogP contribution in [0.3, 0.4) is 0 Å². The highest BCUT2D eigenvalue weighted by Gasteiger charge is 1.95. The van der Waals surface area contributed by atoms with Gasteiger partial charge in [0.25, 0.3) is 0 Å². The van der Waals surface area contributed by atoms with Crippen LogP contribution in [-0.2, 0) is 9.47 Å². The highest BCUT2D eigenvalue weighted by molar-refractivity contribution is 5.48. The summed E-state index contributed by atoms with van der Waals surface area (Å²) in [5, 5.41) is 3.39. The van der Waals surface area contributed by atoms with Gasteiger partial charge >= 0.3 is 0 Å². The number of pyridine rings is 1. The molecule has 0 saturated heterocycles. The minimum Gasteiger partial charge on any atom is -0.385 e. The van der Waals surface area contributed by atoms with Crippen molar-refractivity contribution in [1.29, 1.82) is 0 Å². The van der Waals surface area contributed by atoms with E-state index in [-0.39, 0.29) is 0 Å². The van der Waals surface area contributed by atoms with E-state index in [4.69, 9.17) is 9.47 Å². The first-order valence-electron chi connectivity index (χ1n) is 6.05. The van der Waals surface area contributed by atoms with Gasteiger partial charge in [-0.3, -0.25) is 4.98 Å². The maximum atomic E-state index is 5.39. The molecule has 0 aromatic carbocycles. The Morgan fingerprint density at radius 2 is 2.12 bits per heavy atom. The fourth-order valence-electron chi connectivity index (χ4n) is 1.47. The smallest absolute Gasteiger partial charge is 0.0700 e. The normalized spacial score (nSPS) is 10.5. The van der Waals surface area contributed by atoms with E-state index in [1.807, 2.05) is 18.5 Å². The van der Waals surface area contributed by atoms with Gasteiger partial charge in [-0.25, -0.2) is 0 Å². The minimum absolute atomic E-state index is 0.675. The first-order chi connectivity index (χ1) is 8.34. The number of hydrogen-bond acceptors (Lipinski definition) is 4. The predicted molar refractivity (Wildman–Crippen MR) is 69.4 cm³/mol. The van der Waals surface area contributed by atoms with Crippen molar-refractivity contribution < 1.29 is 9.47 Å². The largest absolute Gasteiger partial charge is 0.385 e. The van der Waals surface area contributed by atoms with Crippen LogP contribution in [-0.4, -0.2) is 38.5 Å². The number of aryl methyl sites for hydroxylation is 1. The van der Waals surface area contributed by atoms with Gasteiger partial charge in [-0.15, -0.1) is 0 Å². The molecule has 1 aromatic rings. The van der Waals surface area contributed by atoms with Crippen LogP contribution in [0.15, 0.2) is 18.5 Å². The number of methoxy groups -OCH3 is 1. The van der Waals surface area contributed by atoms with Crippen molar-refractivity contribution >= 4 is 5.69 Å². The molecule has 0 saturated carbocycles. The molecule has 0 spiro atoms. The monoisotopic (exact) mass is 238 g/mol.